The molecule has 0 aromatic carbocycles. The van der Waals surface area contributed by atoms with Crippen molar-refractivity contribution in [3.05, 3.63) is 11.6 Å². The van der Waals surface area contributed by atoms with Crippen LogP contribution in [0.5, 0.6) is 0 Å². The van der Waals surface area contributed by atoms with Crippen LogP contribution in [-0.2, 0) is 19.1 Å². The van der Waals surface area contributed by atoms with Crippen molar-refractivity contribution in [3.8, 4) is 0 Å². The predicted octanol–water partition coefficient (Wildman–Crippen LogP) is 0.611. The van der Waals surface area contributed by atoms with Gasteiger partial charge in [-0.2, -0.15) is 0 Å². The SMILES string of the molecule is COCCC1SC=CN(CC(=O)OC)C1=O. The molecule has 1 unspecified atom stereocenters. The fourth-order valence-electron chi connectivity index (χ4n) is 1.27. The summed E-state index contributed by atoms with van der Waals surface area (Å²) in [6.07, 6.45) is 2.25. The number of carbonyl (C=O) groups excluding carboxylic acids is 2. The third kappa shape index (κ3) is 3.53. The Kier molecular flexibility index (Phi) is 5.34. The largest absolute Gasteiger partial charge is 0.468 e. The normalized spacial score (nSPS) is 20.0. The summed E-state index contributed by atoms with van der Waals surface area (Å²) in [5, 5.41) is 1.64. The van der Waals surface area contributed by atoms with Gasteiger partial charge in [-0.15, -0.1) is 11.8 Å². The minimum atomic E-state index is -0.421. The van der Waals surface area contributed by atoms with Crippen molar-refractivity contribution >= 4 is 23.6 Å². The maximum absolute atomic E-state index is 11.9. The molecule has 0 radical (unpaired) electrons. The standard InChI is InChI=1S/C10H15NO4S/c1-14-5-3-8-10(13)11(4-6-16-8)7-9(12)15-2/h4,6,8H,3,5,7H2,1-2H3. The molecule has 6 heteroatoms. The summed E-state index contributed by atoms with van der Waals surface area (Å²) >= 11 is 1.45. The van der Waals surface area contributed by atoms with Gasteiger partial charge in [0, 0.05) is 19.9 Å². The first-order chi connectivity index (χ1) is 7.69. The number of esters is 1. The second-order valence-corrected chi connectivity index (χ2v) is 4.35. The van der Waals surface area contributed by atoms with Gasteiger partial charge < -0.3 is 14.4 Å². The van der Waals surface area contributed by atoms with E-state index in [-0.39, 0.29) is 17.7 Å². The van der Waals surface area contributed by atoms with Crippen LogP contribution in [0.25, 0.3) is 0 Å². The molecule has 0 saturated carbocycles. The van der Waals surface area contributed by atoms with Gasteiger partial charge >= 0.3 is 5.97 Å². The van der Waals surface area contributed by atoms with Crippen LogP contribution in [0.15, 0.2) is 11.6 Å². The average molecular weight is 245 g/mol. The lowest BCUT2D eigenvalue weighted by Crippen LogP contribution is -2.39. The summed E-state index contributed by atoms with van der Waals surface area (Å²) in [6.45, 7) is 0.499. The van der Waals surface area contributed by atoms with E-state index in [0.29, 0.717) is 13.0 Å². The molecule has 0 aliphatic carbocycles. The molecule has 1 heterocycles. The van der Waals surface area contributed by atoms with Gasteiger partial charge in [0.2, 0.25) is 5.91 Å². The predicted molar refractivity (Wildman–Crippen MR) is 60.7 cm³/mol. The van der Waals surface area contributed by atoms with E-state index >= 15 is 0 Å². The number of thioether (sulfide) groups is 1. The molecule has 1 rings (SSSR count). The van der Waals surface area contributed by atoms with Crippen LogP contribution in [0, 0.1) is 0 Å². The lowest BCUT2D eigenvalue weighted by molar-refractivity contribution is -0.145. The van der Waals surface area contributed by atoms with Gasteiger partial charge in [-0.1, -0.05) is 0 Å². The molecule has 1 atom stereocenters. The van der Waals surface area contributed by atoms with Crippen LogP contribution < -0.4 is 0 Å². The van der Waals surface area contributed by atoms with Gasteiger partial charge in [0.15, 0.2) is 0 Å². The Bertz CT molecular complexity index is 293. The number of amides is 1. The zero-order chi connectivity index (χ0) is 12.0. The van der Waals surface area contributed by atoms with E-state index in [1.54, 1.807) is 13.3 Å². The van der Waals surface area contributed by atoms with Gasteiger partial charge in [-0.05, 0) is 11.8 Å². The minimum absolute atomic E-state index is 0.0319. The van der Waals surface area contributed by atoms with Crippen molar-refractivity contribution < 1.29 is 19.1 Å². The van der Waals surface area contributed by atoms with Crippen molar-refractivity contribution in [2.24, 2.45) is 0 Å². The first-order valence-electron chi connectivity index (χ1n) is 4.87. The van der Waals surface area contributed by atoms with Gasteiger partial charge in [0.25, 0.3) is 0 Å². The van der Waals surface area contributed by atoms with E-state index in [2.05, 4.69) is 4.74 Å². The van der Waals surface area contributed by atoms with Crippen molar-refractivity contribution in [2.75, 3.05) is 27.4 Å². The number of ether oxygens (including phenoxy) is 2. The van der Waals surface area contributed by atoms with Crippen LogP contribution in [0.2, 0.25) is 0 Å². The number of carbonyl (C=O) groups is 2. The number of hydrogen-bond donors (Lipinski definition) is 0. The molecule has 0 spiro atoms. The summed E-state index contributed by atoms with van der Waals surface area (Å²) in [5.41, 5.74) is 0. The fourth-order valence-corrected chi connectivity index (χ4v) is 2.16. The maximum atomic E-state index is 11.9. The lowest BCUT2D eigenvalue weighted by atomic mass is 10.2. The third-order valence-corrected chi connectivity index (χ3v) is 3.20. The Balaban J connectivity index is 2.53. The second kappa shape index (κ2) is 6.55. The molecule has 1 aliphatic heterocycles. The summed E-state index contributed by atoms with van der Waals surface area (Å²) in [6, 6.07) is 0. The topological polar surface area (TPSA) is 55.8 Å². The molecular weight excluding hydrogens is 230 g/mol. The zero-order valence-electron chi connectivity index (χ0n) is 9.34. The molecule has 0 saturated heterocycles. The molecule has 0 fully saturated rings. The summed E-state index contributed by atoms with van der Waals surface area (Å²) < 4.78 is 9.45. The highest BCUT2D eigenvalue weighted by molar-refractivity contribution is 8.03. The van der Waals surface area contributed by atoms with Crippen LogP contribution in [0.4, 0.5) is 0 Å². The quantitative estimate of drug-likeness (QED) is 0.664. The van der Waals surface area contributed by atoms with E-state index < -0.39 is 5.97 Å². The van der Waals surface area contributed by atoms with Gasteiger partial charge in [0.1, 0.15) is 6.54 Å². The van der Waals surface area contributed by atoms with Crippen molar-refractivity contribution in [2.45, 2.75) is 11.7 Å². The highest BCUT2D eigenvalue weighted by Crippen LogP contribution is 2.23. The summed E-state index contributed by atoms with van der Waals surface area (Å²) in [4.78, 5) is 24.3. The second-order valence-electron chi connectivity index (χ2n) is 3.23. The van der Waals surface area contributed by atoms with Crippen molar-refractivity contribution in [1.29, 1.82) is 0 Å². The first kappa shape index (κ1) is 13.1. The first-order valence-corrected chi connectivity index (χ1v) is 5.81. The molecule has 16 heavy (non-hydrogen) atoms. The smallest absolute Gasteiger partial charge is 0.325 e. The maximum Gasteiger partial charge on any atom is 0.325 e. The highest BCUT2D eigenvalue weighted by atomic mass is 32.2. The highest BCUT2D eigenvalue weighted by Gasteiger charge is 2.27. The molecule has 1 aliphatic rings. The Hall–Kier alpha value is -1.01. The van der Waals surface area contributed by atoms with Crippen molar-refractivity contribution in [1.82, 2.24) is 4.90 Å². The minimum Gasteiger partial charge on any atom is -0.468 e. The average Bonchev–Trinajstić information content (AvgIpc) is 2.30. The summed E-state index contributed by atoms with van der Waals surface area (Å²) in [5.74, 6) is -0.495. The van der Waals surface area contributed by atoms with E-state index in [4.69, 9.17) is 4.74 Å². The Morgan fingerprint density at radius 1 is 1.56 bits per heavy atom. The van der Waals surface area contributed by atoms with Crippen molar-refractivity contribution in [3.63, 3.8) is 0 Å². The molecular formula is C10H15NO4S. The molecule has 0 aromatic heterocycles. The molecule has 0 aromatic rings. The molecule has 5 nitrogen and oxygen atoms in total. The Morgan fingerprint density at radius 2 is 2.31 bits per heavy atom. The van der Waals surface area contributed by atoms with Crippen LogP contribution >= 0.6 is 11.8 Å². The van der Waals surface area contributed by atoms with E-state index in [9.17, 15) is 9.59 Å². The van der Waals surface area contributed by atoms with Crippen LogP contribution in [0.1, 0.15) is 6.42 Å². The number of rotatable bonds is 5. The molecule has 0 N–H and O–H groups in total. The molecule has 90 valence electrons. The van der Waals surface area contributed by atoms with Gasteiger partial charge in [-0.25, -0.2) is 0 Å². The van der Waals surface area contributed by atoms with Gasteiger partial charge in [-0.3, -0.25) is 9.59 Å². The number of nitrogens with zero attached hydrogens (tertiary/aromatic N) is 1. The number of hydrogen-bond acceptors (Lipinski definition) is 5. The Morgan fingerprint density at radius 3 is 2.94 bits per heavy atom. The number of methoxy groups -OCH3 is 2. The van der Waals surface area contributed by atoms with E-state index in [1.807, 2.05) is 5.41 Å². The van der Waals surface area contributed by atoms with E-state index in [0.717, 1.165) is 0 Å². The Labute approximate surface area is 98.8 Å². The van der Waals surface area contributed by atoms with Crippen LogP contribution in [0.3, 0.4) is 0 Å². The van der Waals surface area contributed by atoms with E-state index in [1.165, 1.54) is 23.8 Å². The molecule has 1 amide bonds. The molecule has 0 bridgehead atoms. The lowest BCUT2D eigenvalue weighted by Gasteiger charge is -2.25. The van der Waals surface area contributed by atoms with Crippen LogP contribution in [-0.4, -0.2) is 49.4 Å². The van der Waals surface area contributed by atoms with Gasteiger partial charge in [0.05, 0.1) is 12.4 Å². The third-order valence-electron chi connectivity index (χ3n) is 2.15. The summed E-state index contributed by atoms with van der Waals surface area (Å²) in [7, 11) is 2.90. The fraction of sp³-hybridized carbons (Fsp3) is 0.600. The zero-order valence-corrected chi connectivity index (χ0v) is 10.2. The monoisotopic (exact) mass is 245 g/mol.